The van der Waals surface area contributed by atoms with Crippen molar-refractivity contribution in [2.45, 2.75) is 6.42 Å². The van der Waals surface area contributed by atoms with Gasteiger partial charge in [0.1, 0.15) is 11.4 Å². The highest BCUT2D eigenvalue weighted by molar-refractivity contribution is 5.91. The number of hydrogen-bond acceptors (Lipinski definition) is 3. The number of carbonyl (C=O) groups excluding carboxylic acids is 1. The number of H-pyrrole nitrogens is 2. The summed E-state index contributed by atoms with van der Waals surface area (Å²) in [5.74, 6) is -0.111. The first-order chi connectivity index (χ1) is 8.65. The molecule has 6 nitrogen and oxygen atoms in total. The molecule has 0 spiro atoms. The van der Waals surface area contributed by atoms with Gasteiger partial charge in [0.15, 0.2) is 0 Å². The third-order valence-corrected chi connectivity index (χ3v) is 2.48. The maximum absolute atomic E-state index is 11.6. The number of aromatic hydroxyl groups is 1. The van der Waals surface area contributed by atoms with Crippen LogP contribution in [0.1, 0.15) is 16.1 Å². The molecule has 0 aliphatic rings. The first kappa shape index (κ1) is 12.0. The van der Waals surface area contributed by atoms with Crippen LogP contribution >= 0.6 is 0 Å². The summed E-state index contributed by atoms with van der Waals surface area (Å²) >= 11 is 0. The average molecular weight is 247 g/mol. The van der Waals surface area contributed by atoms with Gasteiger partial charge in [-0.3, -0.25) is 4.79 Å². The summed E-state index contributed by atoms with van der Waals surface area (Å²) in [6.07, 6.45) is 1.99. The topological polar surface area (TPSA) is 98.0 Å². The van der Waals surface area contributed by atoms with E-state index in [1.54, 1.807) is 24.3 Å². The maximum Gasteiger partial charge on any atom is 0.323 e. The van der Waals surface area contributed by atoms with Gasteiger partial charge in [-0.15, -0.1) is 0 Å². The van der Waals surface area contributed by atoms with Crippen LogP contribution in [-0.4, -0.2) is 27.5 Å². The maximum atomic E-state index is 11.6. The predicted molar refractivity (Wildman–Crippen MR) is 65.6 cm³/mol. The first-order valence-corrected chi connectivity index (χ1v) is 5.49. The minimum atomic E-state index is -0.404. The molecule has 1 aromatic heterocycles. The average Bonchev–Trinajstić information content (AvgIpc) is 2.78. The smallest absolute Gasteiger partial charge is 0.323 e. The fourth-order valence-electron chi connectivity index (χ4n) is 1.53. The number of aromatic amines is 2. The zero-order chi connectivity index (χ0) is 13.0. The van der Waals surface area contributed by atoms with Gasteiger partial charge in [-0.05, 0) is 24.1 Å². The molecule has 4 N–H and O–H groups in total. The van der Waals surface area contributed by atoms with Crippen LogP contribution in [0.15, 0.2) is 35.3 Å². The van der Waals surface area contributed by atoms with Gasteiger partial charge < -0.3 is 20.4 Å². The third kappa shape index (κ3) is 3.00. The van der Waals surface area contributed by atoms with Crippen molar-refractivity contribution in [1.82, 2.24) is 15.3 Å². The molecule has 0 atom stereocenters. The van der Waals surface area contributed by atoms with Crippen molar-refractivity contribution in [2.24, 2.45) is 0 Å². The number of nitrogens with one attached hydrogen (secondary N) is 3. The summed E-state index contributed by atoms with van der Waals surface area (Å²) in [6.45, 7) is 0.455. The van der Waals surface area contributed by atoms with E-state index in [0.29, 0.717) is 13.0 Å². The molecule has 0 saturated heterocycles. The van der Waals surface area contributed by atoms with Crippen LogP contribution < -0.4 is 11.0 Å². The Bertz CT molecular complexity index is 583. The largest absolute Gasteiger partial charge is 0.508 e. The Morgan fingerprint density at radius 2 is 2.00 bits per heavy atom. The van der Waals surface area contributed by atoms with Crippen molar-refractivity contribution in [3.63, 3.8) is 0 Å². The van der Waals surface area contributed by atoms with Gasteiger partial charge in [-0.2, -0.15) is 0 Å². The third-order valence-electron chi connectivity index (χ3n) is 2.48. The number of amides is 1. The Kier molecular flexibility index (Phi) is 3.47. The van der Waals surface area contributed by atoms with Crippen LogP contribution in [0, 0.1) is 0 Å². The summed E-state index contributed by atoms with van der Waals surface area (Å²) in [5.41, 5.74) is 0.819. The normalized spacial score (nSPS) is 10.2. The van der Waals surface area contributed by atoms with Crippen LogP contribution in [0.5, 0.6) is 5.75 Å². The second-order valence-electron chi connectivity index (χ2n) is 3.83. The standard InChI is InChI=1S/C12H13N3O3/c16-9-3-1-8(2-4-9)5-6-13-11(17)10-7-14-12(18)15-10/h1-4,7,16H,5-6H2,(H,13,17)(H2,14,15,18). The van der Waals surface area contributed by atoms with Crippen molar-refractivity contribution in [2.75, 3.05) is 6.54 Å². The lowest BCUT2D eigenvalue weighted by atomic mass is 10.1. The van der Waals surface area contributed by atoms with Gasteiger partial charge in [0, 0.05) is 12.7 Å². The number of hydrogen-bond donors (Lipinski definition) is 4. The minimum absolute atomic E-state index is 0.214. The number of imidazole rings is 1. The lowest BCUT2D eigenvalue weighted by Gasteiger charge is -2.03. The molecular formula is C12H13N3O3. The molecule has 0 aliphatic heterocycles. The Balaban J connectivity index is 1.83. The number of benzene rings is 1. The van der Waals surface area contributed by atoms with Crippen LogP contribution in [0.4, 0.5) is 0 Å². The summed E-state index contributed by atoms with van der Waals surface area (Å²) in [7, 11) is 0. The van der Waals surface area contributed by atoms with Crippen LogP contribution in [-0.2, 0) is 6.42 Å². The van der Waals surface area contributed by atoms with Gasteiger partial charge in [0.2, 0.25) is 0 Å². The fourth-order valence-corrected chi connectivity index (χ4v) is 1.53. The fraction of sp³-hybridized carbons (Fsp3) is 0.167. The Morgan fingerprint density at radius 3 is 2.61 bits per heavy atom. The highest BCUT2D eigenvalue weighted by Gasteiger charge is 2.06. The number of rotatable bonds is 4. The zero-order valence-corrected chi connectivity index (χ0v) is 9.56. The zero-order valence-electron chi connectivity index (χ0n) is 9.56. The van der Waals surface area contributed by atoms with Crippen molar-refractivity contribution in [3.8, 4) is 5.75 Å². The van der Waals surface area contributed by atoms with Crippen molar-refractivity contribution >= 4 is 5.91 Å². The molecule has 0 aliphatic carbocycles. The van der Waals surface area contributed by atoms with E-state index in [2.05, 4.69) is 15.3 Å². The Hall–Kier alpha value is -2.50. The lowest BCUT2D eigenvalue weighted by Crippen LogP contribution is -2.26. The lowest BCUT2D eigenvalue weighted by molar-refractivity contribution is 0.0949. The second kappa shape index (κ2) is 5.22. The van der Waals surface area contributed by atoms with E-state index < -0.39 is 5.69 Å². The van der Waals surface area contributed by atoms with E-state index in [1.165, 1.54) is 6.20 Å². The molecule has 0 saturated carbocycles. The van der Waals surface area contributed by atoms with Gasteiger partial charge in [0.05, 0.1) is 0 Å². The second-order valence-corrected chi connectivity index (χ2v) is 3.83. The summed E-state index contributed by atoms with van der Waals surface area (Å²) < 4.78 is 0. The number of phenols is 1. The van der Waals surface area contributed by atoms with Crippen LogP contribution in [0.2, 0.25) is 0 Å². The molecule has 0 unspecified atom stereocenters. The summed E-state index contributed by atoms with van der Waals surface area (Å²) in [5, 5.41) is 11.8. The SMILES string of the molecule is O=C(NCCc1ccc(O)cc1)c1c[nH]c(=O)[nH]1. The van der Waals surface area contributed by atoms with Crippen molar-refractivity contribution < 1.29 is 9.90 Å². The molecule has 1 aromatic carbocycles. The number of carbonyl (C=O) groups is 1. The molecular weight excluding hydrogens is 234 g/mol. The van der Waals surface area contributed by atoms with E-state index in [9.17, 15) is 9.59 Å². The number of phenolic OH excluding ortho intramolecular Hbond substituents is 1. The molecule has 1 amide bonds. The van der Waals surface area contributed by atoms with Gasteiger partial charge >= 0.3 is 5.69 Å². The van der Waals surface area contributed by atoms with Crippen molar-refractivity contribution in [1.29, 1.82) is 0 Å². The summed E-state index contributed by atoms with van der Waals surface area (Å²) in [6, 6.07) is 6.78. The molecule has 18 heavy (non-hydrogen) atoms. The molecule has 0 bridgehead atoms. The first-order valence-electron chi connectivity index (χ1n) is 5.49. The van der Waals surface area contributed by atoms with E-state index >= 15 is 0 Å². The number of aromatic nitrogens is 2. The molecule has 94 valence electrons. The highest BCUT2D eigenvalue weighted by Crippen LogP contribution is 2.09. The van der Waals surface area contributed by atoms with E-state index in [0.717, 1.165) is 5.56 Å². The molecule has 2 aromatic rings. The molecule has 6 heteroatoms. The Morgan fingerprint density at radius 1 is 1.28 bits per heavy atom. The van der Waals surface area contributed by atoms with E-state index in [4.69, 9.17) is 5.11 Å². The molecule has 1 heterocycles. The van der Waals surface area contributed by atoms with Crippen molar-refractivity contribution in [3.05, 3.63) is 52.2 Å². The summed E-state index contributed by atoms with van der Waals surface area (Å²) in [4.78, 5) is 27.1. The van der Waals surface area contributed by atoms with Gasteiger partial charge in [0.25, 0.3) is 5.91 Å². The van der Waals surface area contributed by atoms with E-state index in [1.807, 2.05) is 0 Å². The van der Waals surface area contributed by atoms with E-state index in [-0.39, 0.29) is 17.4 Å². The van der Waals surface area contributed by atoms with Gasteiger partial charge in [-0.25, -0.2) is 4.79 Å². The minimum Gasteiger partial charge on any atom is -0.508 e. The molecule has 2 rings (SSSR count). The molecule has 0 radical (unpaired) electrons. The van der Waals surface area contributed by atoms with Crippen LogP contribution in [0.3, 0.4) is 0 Å². The quantitative estimate of drug-likeness (QED) is 0.628. The Labute approximate surface area is 103 Å². The highest BCUT2D eigenvalue weighted by atomic mass is 16.3. The van der Waals surface area contributed by atoms with Crippen LogP contribution in [0.25, 0.3) is 0 Å². The van der Waals surface area contributed by atoms with Gasteiger partial charge in [-0.1, -0.05) is 12.1 Å². The molecule has 0 fully saturated rings. The monoisotopic (exact) mass is 247 g/mol. The predicted octanol–water partition coefficient (Wildman–Crippen LogP) is 0.381.